The molecule has 23 nitrogen and oxygen atoms in total. The summed E-state index contributed by atoms with van der Waals surface area (Å²) in [7, 11) is 0. The largest absolute Gasteiger partial charge is 2.00 e. The Hall–Kier alpha value is -8.92. The topological polar surface area (TPSA) is 349 Å². The first-order chi connectivity index (χ1) is 38.3. The first-order valence-corrected chi connectivity index (χ1v) is 22.9. The fourth-order valence-electron chi connectivity index (χ4n) is 6.24. The first-order valence-electron chi connectivity index (χ1n) is 22.9. The summed E-state index contributed by atoms with van der Waals surface area (Å²) in [6.45, 7) is 0. The second-order valence-electron chi connectivity index (χ2n) is 15.0. The number of aromatic nitrogens is 17. The van der Waals surface area contributed by atoms with Gasteiger partial charge in [-0.3, -0.25) is 29.9 Å². The number of hydrogen-bond acceptors (Lipinski definition) is 21. The molecule has 0 amide bonds. The molecule has 0 saturated heterocycles. The number of H-pyrrole nitrogens is 2. The smallest absolute Gasteiger partial charge is 0.872 e. The average molecular weight is 1320 g/mol. The Morgan fingerprint density at radius 3 is 1.51 bits per heavy atom. The van der Waals surface area contributed by atoms with Crippen molar-refractivity contribution in [3.63, 3.8) is 0 Å². The van der Waals surface area contributed by atoms with E-state index in [2.05, 4.69) is 84.7 Å². The van der Waals surface area contributed by atoms with E-state index in [1.807, 2.05) is 18.2 Å². The van der Waals surface area contributed by atoms with Crippen LogP contribution in [0.25, 0.3) is 68.2 Å². The van der Waals surface area contributed by atoms with Crippen molar-refractivity contribution in [1.29, 1.82) is 0 Å². The molecule has 0 radical (unpaired) electrons. The van der Waals surface area contributed by atoms with E-state index in [4.69, 9.17) is 0 Å². The van der Waals surface area contributed by atoms with E-state index in [-0.39, 0.29) is 133 Å². The number of nitrogens with one attached hydrogen (secondary N) is 2. The second kappa shape index (κ2) is 40.3. The third-order valence-electron chi connectivity index (χ3n) is 9.84. The summed E-state index contributed by atoms with van der Waals surface area (Å²) in [5.74, 6) is 1.73. The zero-order valence-electron chi connectivity index (χ0n) is 44.9. The Bertz CT molecular complexity index is 3080. The average Bonchev–Trinajstić information content (AvgIpc) is 3.54. The van der Waals surface area contributed by atoms with Gasteiger partial charge in [0.2, 0.25) is 5.88 Å². The van der Waals surface area contributed by atoms with Gasteiger partial charge in [0, 0.05) is 177 Å². The molecular weight excluding hydrogens is 1270 g/mol. The van der Waals surface area contributed by atoms with Crippen LogP contribution in [0.15, 0.2) is 227 Å². The van der Waals surface area contributed by atoms with Gasteiger partial charge < -0.3 is 30.6 Å². The van der Waals surface area contributed by atoms with Crippen LogP contribution in [-0.2, 0) is 77.9 Å². The molecule has 0 saturated carbocycles. The van der Waals surface area contributed by atoms with Gasteiger partial charge in [0.05, 0.1) is 46.0 Å². The van der Waals surface area contributed by atoms with Crippen LogP contribution in [0.2, 0.25) is 0 Å². The van der Waals surface area contributed by atoms with Crippen LogP contribution in [0.3, 0.4) is 0 Å². The van der Waals surface area contributed by atoms with Gasteiger partial charge in [-0.1, -0.05) is 34.7 Å². The quantitative estimate of drug-likeness (QED) is 0.161. The molecule has 0 spiro atoms. The summed E-state index contributed by atoms with van der Waals surface area (Å²) in [6.07, 6.45) is 31.4. The van der Waals surface area contributed by atoms with Crippen molar-refractivity contribution in [1.82, 2.24) is 74.8 Å². The van der Waals surface area contributed by atoms with E-state index in [9.17, 15) is 30.6 Å². The fraction of sp³-hybridized carbons (Fsp3) is 0. The minimum Gasteiger partial charge on any atom is -0.872 e. The van der Waals surface area contributed by atoms with Crippen LogP contribution in [0.4, 0.5) is 0 Å². The summed E-state index contributed by atoms with van der Waals surface area (Å²) in [5, 5.41) is 60.4. The molecule has 0 aliphatic carbocycles. The first kappa shape index (κ1) is 73.1. The number of aromatic hydroxyl groups is 4. The van der Waals surface area contributed by atoms with Crippen molar-refractivity contribution in [2.24, 2.45) is 0 Å². The molecule has 0 aliphatic rings. The molecule has 0 aliphatic heterocycles. The molecule has 29 heteroatoms. The molecule has 392 valence electrons. The summed E-state index contributed by atoms with van der Waals surface area (Å²) in [4.78, 5) is 64.7. The van der Waals surface area contributed by atoms with E-state index in [0.29, 0.717) is 68.2 Å². The predicted octanol–water partition coefficient (Wildman–Crippen LogP) is 4.87. The van der Waals surface area contributed by atoms with Crippen molar-refractivity contribution in [2.45, 2.75) is 0 Å². The predicted molar refractivity (Wildman–Crippen MR) is 288 cm³/mol. The third kappa shape index (κ3) is 22.8. The maximum absolute atomic E-state index is 11.3. The zero-order chi connectivity index (χ0) is 54.6. The Labute approximate surface area is 539 Å². The Balaban J connectivity index is 0.000000497. The Morgan fingerprint density at radius 1 is 0.345 bits per heavy atom. The number of hydrogen-bond donors (Lipinski definition) is 4. The van der Waals surface area contributed by atoms with Crippen LogP contribution < -0.4 is 20.2 Å². The van der Waals surface area contributed by atoms with Gasteiger partial charge in [-0.25, -0.2) is 44.9 Å². The molecule has 0 aromatic carbocycles. The monoisotopic (exact) mass is 1310 g/mol. The van der Waals surface area contributed by atoms with Crippen LogP contribution in [0, 0.1) is 0 Å². The van der Waals surface area contributed by atoms with Gasteiger partial charge in [-0.05, 0) is 77.8 Å². The summed E-state index contributed by atoms with van der Waals surface area (Å²) in [5.41, 5.74) is 5.21. The maximum Gasteiger partial charge on any atom is 2.00 e. The standard InChI is InChI=1S/C10H8N2O.5C9H7N3O.2Be.4Zn/c13-9-5-3-7-12-10(9)8-4-1-2-6-11-8;13-9-2-4-10-5-7(9)8-1-3-11-6-12-8;13-8-2-5-10-6-7(8)9-11-3-1-4-12-9;13-8-6-10-5-2-7(8)9-11-3-1-4-12-9;13-9-7(3-1-4-12-9)8-10-5-2-6-11-8;13-8-2-1-4-11-9(8)7-3-5-10-6-12-7;;;;;;/h1-7,13H;2*1-6H,(H,10,13);1-6,13H;1-6H,(H,12,13);1-6,13H;;;;;;/q;;;;;;2*+2;;;;. The van der Waals surface area contributed by atoms with Gasteiger partial charge in [0.1, 0.15) is 47.4 Å². The SMILES string of the molecule is Oc1cccnc1-c1ccccn1.Oc1ccncc1-c1ccncn1.Oc1cnccc1-c1ncccn1.Oc1ncccc1-c1ncccn1.[Be+2].[Be+2].[O-]c1cccnc1-c1ccnc[nH+]1.[O-]c1ccncc1-c1nccc[nH+]1.[Zn].[Zn].[Zn].[Zn]. The summed E-state index contributed by atoms with van der Waals surface area (Å²) >= 11 is 0. The van der Waals surface area contributed by atoms with Crippen molar-refractivity contribution < 1.29 is 119 Å². The Kier molecular flexibility index (Phi) is 35.1. The van der Waals surface area contributed by atoms with E-state index in [0.717, 1.165) is 0 Å². The van der Waals surface area contributed by atoms with E-state index >= 15 is 0 Å². The van der Waals surface area contributed by atoms with Gasteiger partial charge in [-0.2, -0.15) is 0 Å². The van der Waals surface area contributed by atoms with E-state index < -0.39 is 0 Å². The summed E-state index contributed by atoms with van der Waals surface area (Å²) in [6, 6.07) is 28.6. The molecule has 6 N–H and O–H groups in total. The maximum atomic E-state index is 11.3. The van der Waals surface area contributed by atoms with Crippen molar-refractivity contribution in [3.8, 4) is 103 Å². The van der Waals surface area contributed by atoms with Gasteiger partial charge in [-0.15, -0.1) is 0 Å². The van der Waals surface area contributed by atoms with Gasteiger partial charge in [0.25, 0.3) is 6.33 Å². The van der Waals surface area contributed by atoms with Crippen LogP contribution in [-0.4, -0.2) is 115 Å². The molecule has 84 heavy (non-hydrogen) atoms. The van der Waals surface area contributed by atoms with Gasteiger partial charge in [0.15, 0.2) is 17.3 Å². The molecule has 0 fully saturated rings. The normalized spacial score (nSPS) is 9.14. The molecular formula is C55H43Be2N17O6Zn4+4. The van der Waals surface area contributed by atoms with Crippen molar-refractivity contribution in [2.75, 3.05) is 0 Å². The Morgan fingerprint density at radius 2 is 0.929 bits per heavy atom. The minimum atomic E-state index is -0.0926. The third-order valence-corrected chi connectivity index (χ3v) is 9.84. The molecule has 12 heterocycles. The molecule has 0 atom stereocenters. The van der Waals surface area contributed by atoms with E-state index in [1.54, 1.807) is 147 Å². The van der Waals surface area contributed by atoms with Crippen LogP contribution in [0.5, 0.6) is 34.6 Å². The molecule has 12 rings (SSSR count). The summed E-state index contributed by atoms with van der Waals surface area (Å²) < 4.78 is 0. The zero-order valence-corrected chi connectivity index (χ0v) is 56.8. The van der Waals surface area contributed by atoms with Gasteiger partial charge >= 0.3 is 26.1 Å². The van der Waals surface area contributed by atoms with E-state index in [1.165, 1.54) is 61.8 Å². The minimum absolute atomic E-state index is 0. The fourth-order valence-corrected chi connectivity index (χ4v) is 6.24. The number of aromatic amines is 2. The number of rotatable bonds is 6. The molecule has 0 unspecified atom stereocenters. The van der Waals surface area contributed by atoms with Crippen molar-refractivity contribution in [3.05, 3.63) is 227 Å². The molecule has 0 bridgehead atoms. The van der Waals surface area contributed by atoms with Crippen molar-refractivity contribution >= 4 is 20.2 Å². The second-order valence-corrected chi connectivity index (χ2v) is 15.0. The van der Waals surface area contributed by atoms with Crippen LogP contribution >= 0.6 is 0 Å². The van der Waals surface area contributed by atoms with Crippen LogP contribution in [0.1, 0.15) is 0 Å². The molecule has 12 aromatic rings. The molecule has 12 aromatic heterocycles. The number of nitrogens with zero attached hydrogens (tertiary/aromatic N) is 15. The number of pyridine rings is 7.